The van der Waals surface area contributed by atoms with E-state index in [4.69, 9.17) is 5.11 Å². The fraction of sp³-hybridized carbons (Fsp3) is 0.182. The van der Waals surface area contributed by atoms with Crippen LogP contribution in [0.1, 0.15) is 11.4 Å². The van der Waals surface area contributed by atoms with Gasteiger partial charge in [-0.2, -0.15) is 5.10 Å². The second-order valence-electron chi connectivity index (χ2n) is 4.02. The van der Waals surface area contributed by atoms with E-state index < -0.39 is 22.4 Å². The van der Waals surface area contributed by atoms with Crippen LogP contribution in [0.25, 0.3) is 0 Å². The summed E-state index contributed by atoms with van der Waals surface area (Å²) in [5.74, 6) is -0.587. The lowest BCUT2D eigenvalue weighted by Crippen LogP contribution is -2.15. The Labute approximate surface area is 123 Å². The minimum atomic E-state index is -3.96. The van der Waals surface area contributed by atoms with Crippen molar-refractivity contribution in [3.8, 4) is 0 Å². The molecular weight excluding hydrogens is 353 g/mol. The van der Waals surface area contributed by atoms with Crippen LogP contribution in [0.4, 0.5) is 10.1 Å². The number of halogens is 2. The number of aliphatic hydroxyl groups is 1. The van der Waals surface area contributed by atoms with Gasteiger partial charge in [-0.25, -0.2) is 12.8 Å². The Morgan fingerprint density at radius 3 is 2.80 bits per heavy atom. The van der Waals surface area contributed by atoms with Gasteiger partial charge in [-0.15, -0.1) is 0 Å². The number of nitrogens with zero attached hydrogens (tertiary/aromatic N) is 1. The number of aliphatic hydroxyl groups excluding tert-OH is 1. The molecule has 0 aliphatic rings. The first-order valence-corrected chi connectivity index (χ1v) is 7.75. The van der Waals surface area contributed by atoms with Crippen molar-refractivity contribution in [1.29, 1.82) is 0 Å². The normalized spacial score (nSPS) is 11.6. The second kappa shape index (κ2) is 5.51. The van der Waals surface area contributed by atoms with Gasteiger partial charge in [-0.1, -0.05) is 0 Å². The molecule has 2 aromatic rings. The van der Waals surface area contributed by atoms with Crippen molar-refractivity contribution < 1.29 is 17.9 Å². The average molecular weight is 364 g/mol. The van der Waals surface area contributed by atoms with Crippen molar-refractivity contribution in [3.05, 3.63) is 39.9 Å². The third kappa shape index (κ3) is 2.84. The summed E-state index contributed by atoms with van der Waals surface area (Å²) in [5, 5.41) is 15.3. The van der Waals surface area contributed by atoms with Crippen molar-refractivity contribution in [2.24, 2.45) is 0 Å². The van der Waals surface area contributed by atoms with Gasteiger partial charge in [0.05, 0.1) is 22.5 Å². The topological polar surface area (TPSA) is 95.1 Å². The molecular formula is C11H11BrFN3O3S. The summed E-state index contributed by atoms with van der Waals surface area (Å²) in [7, 11) is -3.96. The van der Waals surface area contributed by atoms with Gasteiger partial charge in [-0.05, 0) is 41.1 Å². The van der Waals surface area contributed by atoms with Crippen LogP contribution in [0.3, 0.4) is 0 Å². The lowest BCUT2D eigenvalue weighted by atomic mass is 10.3. The SMILES string of the molecule is Cc1[nH]nc(CO)c1S(=O)(=O)Nc1ccc(Br)c(F)c1. The van der Waals surface area contributed by atoms with Gasteiger partial charge < -0.3 is 5.11 Å². The molecule has 6 nitrogen and oxygen atoms in total. The molecule has 3 N–H and O–H groups in total. The first-order chi connectivity index (χ1) is 9.35. The summed E-state index contributed by atoms with van der Waals surface area (Å²) >= 11 is 2.98. The van der Waals surface area contributed by atoms with Crippen LogP contribution in [-0.2, 0) is 16.6 Å². The van der Waals surface area contributed by atoms with Gasteiger partial charge in [0.15, 0.2) is 0 Å². The molecule has 0 aliphatic heterocycles. The maximum Gasteiger partial charge on any atom is 0.265 e. The molecule has 0 atom stereocenters. The molecule has 1 aromatic heterocycles. The summed E-state index contributed by atoms with van der Waals surface area (Å²) < 4.78 is 40.3. The number of aromatic amines is 1. The van der Waals surface area contributed by atoms with Gasteiger partial charge >= 0.3 is 0 Å². The predicted octanol–water partition coefficient (Wildman–Crippen LogP) is 1.91. The summed E-state index contributed by atoms with van der Waals surface area (Å²) in [4.78, 5) is -0.136. The molecule has 0 radical (unpaired) electrons. The van der Waals surface area contributed by atoms with Crippen molar-refractivity contribution in [3.63, 3.8) is 0 Å². The van der Waals surface area contributed by atoms with Crippen molar-refractivity contribution in [2.45, 2.75) is 18.4 Å². The van der Waals surface area contributed by atoms with E-state index in [2.05, 4.69) is 30.8 Å². The van der Waals surface area contributed by atoms with Gasteiger partial charge in [0.2, 0.25) is 0 Å². The molecule has 0 bridgehead atoms. The Bertz CT molecular complexity index is 745. The van der Waals surface area contributed by atoms with E-state index in [1.807, 2.05) is 0 Å². The fourth-order valence-corrected chi connectivity index (χ4v) is 3.35. The third-order valence-corrected chi connectivity index (χ3v) is 4.78. The van der Waals surface area contributed by atoms with E-state index in [0.717, 1.165) is 6.07 Å². The largest absolute Gasteiger partial charge is 0.390 e. The van der Waals surface area contributed by atoms with Crippen LogP contribution in [0.5, 0.6) is 0 Å². The average Bonchev–Trinajstić information content (AvgIpc) is 2.75. The molecule has 0 aliphatic carbocycles. The van der Waals surface area contributed by atoms with Gasteiger partial charge in [0.1, 0.15) is 16.4 Å². The number of anilines is 1. The number of hydrogen-bond donors (Lipinski definition) is 3. The summed E-state index contributed by atoms with van der Waals surface area (Å²) in [6, 6.07) is 3.86. The summed E-state index contributed by atoms with van der Waals surface area (Å²) in [5.41, 5.74) is 0.377. The Kier molecular flexibility index (Phi) is 4.11. The molecule has 2 rings (SSSR count). The van der Waals surface area contributed by atoms with Crippen molar-refractivity contribution in [1.82, 2.24) is 10.2 Å². The zero-order valence-corrected chi connectivity index (χ0v) is 12.7. The zero-order chi connectivity index (χ0) is 14.9. The Balaban J connectivity index is 2.40. The molecule has 1 aromatic carbocycles. The highest BCUT2D eigenvalue weighted by molar-refractivity contribution is 9.10. The van der Waals surface area contributed by atoms with Crippen LogP contribution < -0.4 is 4.72 Å². The zero-order valence-electron chi connectivity index (χ0n) is 10.3. The first kappa shape index (κ1) is 14.9. The molecule has 108 valence electrons. The Morgan fingerprint density at radius 2 is 2.20 bits per heavy atom. The highest BCUT2D eigenvalue weighted by Crippen LogP contribution is 2.24. The fourth-order valence-electron chi connectivity index (χ4n) is 1.70. The lowest BCUT2D eigenvalue weighted by Gasteiger charge is -2.09. The van der Waals surface area contributed by atoms with E-state index in [0.29, 0.717) is 5.69 Å². The van der Waals surface area contributed by atoms with Crippen LogP contribution in [-0.4, -0.2) is 23.7 Å². The first-order valence-electron chi connectivity index (χ1n) is 5.47. The number of nitrogens with one attached hydrogen (secondary N) is 2. The van der Waals surface area contributed by atoms with E-state index in [-0.39, 0.29) is 20.7 Å². The standard InChI is InChI=1S/C11H11BrFN3O3S/c1-6-11(10(5-17)15-14-6)20(18,19)16-7-2-3-8(12)9(13)4-7/h2-4,16-17H,5H2,1H3,(H,14,15). The van der Waals surface area contributed by atoms with Gasteiger partial charge in [0.25, 0.3) is 10.0 Å². The van der Waals surface area contributed by atoms with Gasteiger partial charge in [0, 0.05) is 0 Å². The molecule has 1 heterocycles. The quantitative estimate of drug-likeness (QED) is 0.773. The van der Waals surface area contributed by atoms with Crippen LogP contribution in [0.15, 0.2) is 27.6 Å². The highest BCUT2D eigenvalue weighted by Gasteiger charge is 2.24. The minimum Gasteiger partial charge on any atom is -0.390 e. The third-order valence-electron chi connectivity index (χ3n) is 2.55. The lowest BCUT2D eigenvalue weighted by molar-refractivity contribution is 0.273. The number of benzene rings is 1. The van der Waals surface area contributed by atoms with Crippen LogP contribution in [0.2, 0.25) is 0 Å². The molecule has 0 saturated heterocycles. The van der Waals surface area contributed by atoms with Crippen molar-refractivity contribution >= 4 is 31.6 Å². The molecule has 0 saturated carbocycles. The number of sulfonamides is 1. The maximum atomic E-state index is 13.4. The van der Waals surface area contributed by atoms with E-state index >= 15 is 0 Å². The monoisotopic (exact) mass is 363 g/mol. The Hall–Kier alpha value is -1.45. The number of aromatic nitrogens is 2. The summed E-state index contributed by atoms with van der Waals surface area (Å²) in [6.45, 7) is 0.998. The van der Waals surface area contributed by atoms with Gasteiger partial charge in [-0.3, -0.25) is 9.82 Å². The number of aryl methyl sites for hydroxylation is 1. The highest BCUT2D eigenvalue weighted by atomic mass is 79.9. The molecule has 0 fully saturated rings. The minimum absolute atomic E-state index is 0.00702. The van der Waals surface area contributed by atoms with E-state index in [1.54, 1.807) is 0 Å². The molecule has 0 unspecified atom stereocenters. The predicted molar refractivity (Wildman–Crippen MR) is 74.2 cm³/mol. The molecule has 0 amide bonds. The number of hydrogen-bond acceptors (Lipinski definition) is 4. The Morgan fingerprint density at radius 1 is 1.50 bits per heavy atom. The molecule has 9 heteroatoms. The summed E-state index contributed by atoms with van der Waals surface area (Å²) in [6.07, 6.45) is 0. The van der Waals surface area contributed by atoms with Crippen molar-refractivity contribution in [2.75, 3.05) is 4.72 Å². The van der Waals surface area contributed by atoms with Crippen LogP contribution in [0, 0.1) is 12.7 Å². The second-order valence-corrected chi connectivity index (χ2v) is 6.49. The maximum absolute atomic E-state index is 13.4. The van der Waals surface area contributed by atoms with Crippen LogP contribution >= 0.6 is 15.9 Å². The van der Waals surface area contributed by atoms with E-state index in [9.17, 15) is 12.8 Å². The number of H-pyrrole nitrogens is 1. The smallest absolute Gasteiger partial charge is 0.265 e. The molecule has 0 spiro atoms. The van der Waals surface area contributed by atoms with E-state index in [1.165, 1.54) is 19.1 Å². The number of rotatable bonds is 4. The molecule has 20 heavy (non-hydrogen) atoms.